The minimum Gasteiger partial charge on any atom is -0.495 e. The summed E-state index contributed by atoms with van der Waals surface area (Å²) >= 11 is 0. The summed E-state index contributed by atoms with van der Waals surface area (Å²) < 4.78 is 5.17. The number of hydrogen-bond acceptors (Lipinski definition) is 3. The van der Waals surface area contributed by atoms with Crippen molar-refractivity contribution in [2.75, 3.05) is 7.11 Å². The standard InChI is InChI=1S/C22H28N2O2/c1-22(2,3)17-9-5-15(6-10-17)13-20(25)24-21(16-7-8-16)19-12-11-18(26-4)14-23-19/h5-6,9-12,14,16,21H,7-8,13H2,1-4H3,(H,24,25). The van der Waals surface area contributed by atoms with E-state index in [2.05, 4.69) is 55.3 Å². The van der Waals surface area contributed by atoms with Crippen molar-refractivity contribution < 1.29 is 9.53 Å². The molecule has 1 heterocycles. The van der Waals surface area contributed by atoms with Gasteiger partial charge in [0.05, 0.1) is 31.5 Å². The van der Waals surface area contributed by atoms with Crippen LogP contribution in [0.5, 0.6) is 5.75 Å². The predicted octanol–water partition coefficient (Wildman–Crippen LogP) is 4.20. The number of nitrogens with one attached hydrogen (secondary N) is 1. The second-order valence-corrected chi connectivity index (χ2v) is 8.13. The first-order valence-corrected chi connectivity index (χ1v) is 9.25. The maximum absolute atomic E-state index is 12.6. The normalized spacial score (nSPS) is 15.4. The van der Waals surface area contributed by atoms with Crippen molar-refractivity contribution in [1.29, 1.82) is 0 Å². The molecule has 138 valence electrons. The summed E-state index contributed by atoms with van der Waals surface area (Å²) in [4.78, 5) is 17.0. The number of rotatable bonds is 6. The van der Waals surface area contributed by atoms with E-state index in [9.17, 15) is 4.79 Å². The molecule has 1 aromatic carbocycles. The van der Waals surface area contributed by atoms with E-state index < -0.39 is 0 Å². The number of nitrogens with zero attached hydrogens (tertiary/aromatic N) is 1. The fourth-order valence-corrected chi connectivity index (χ4v) is 3.09. The van der Waals surface area contributed by atoms with Crippen molar-refractivity contribution in [3.63, 3.8) is 0 Å². The van der Waals surface area contributed by atoms with Gasteiger partial charge in [0.15, 0.2) is 0 Å². The zero-order chi connectivity index (χ0) is 18.7. The molecule has 1 aliphatic carbocycles. The summed E-state index contributed by atoms with van der Waals surface area (Å²) in [6.45, 7) is 6.57. The lowest BCUT2D eigenvalue weighted by Gasteiger charge is -2.20. The molecule has 1 amide bonds. The van der Waals surface area contributed by atoms with Gasteiger partial charge in [-0.2, -0.15) is 0 Å². The van der Waals surface area contributed by atoms with Crippen LogP contribution in [-0.2, 0) is 16.6 Å². The highest BCUT2D eigenvalue weighted by Gasteiger charge is 2.34. The second-order valence-electron chi connectivity index (χ2n) is 8.13. The number of methoxy groups -OCH3 is 1. The summed E-state index contributed by atoms with van der Waals surface area (Å²) in [5, 5.41) is 3.18. The number of carbonyl (C=O) groups is 1. The minimum absolute atomic E-state index is 0.0118. The molecule has 26 heavy (non-hydrogen) atoms. The van der Waals surface area contributed by atoms with Crippen LogP contribution >= 0.6 is 0 Å². The number of carbonyl (C=O) groups excluding carboxylic acids is 1. The van der Waals surface area contributed by atoms with E-state index in [-0.39, 0.29) is 17.4 Å². The predicted molar refractivity (Wildman–Crippen MR) is 103 cm³/mol. The Morgan fingerprint density at radius 3 is 2.38 bits per heavy atom. The lowest BCUT2D eigenvalue weighted by atomic mass is 9.86. The first kappa shape index (κ1) is 18.4. The van der Waals surface area contributed by atoms with Crippen LogP contribution in [0.15, 0.2) is 42.6 Å². The monoisotopic (exact) mass is 352 g/mol. The fraction of sp³-hybridized carbons (Fsp3) is 0.455. The van der Waals surface area contributed by atoms with Gasteiger partial charge in [0.1, 0.15) is 5.75 Å². The Balaban J connectivity index is 1.65. The van der Waals surface area contributed by atoms with Gasteiger partial charge in [-0.25, -0.2) is 0 Å². The van der Waals surface area contributed by atoms with Crippen LogP contribution in [0.3, 0.4) is 0 Å². The van der Waals surface area contributed by atoms with E-state index in [4.69, 9.17) is 4.74 Å². The highest BCUT2D eigenvalue weighted by molar-refractivity contribution is 5.79. The molecular weight excluding hydrogens is 324 g/mol. The Morgan fingerprint density at radius 2 is 1.88 bits per heavy atom. The van der Waals surface area contributed by atoms with E-state index in [1.165, 1.54) is 5.56 Å². The second kappa shape index (κ2) is 7.48. The fourth-order valence-electron chi connectivity index (χ4n) is 3.09. The van der Waals surface area contributed by atoms with Gasteiger partial charge < -0.3 is 10.1 Å². The summed E-state index contributed by atoms with van der Waals surface area (Å²) in [6, 6.07) is 12.2. The third kappa shape index (κ3) is 4.63. The summed E-state index contributed by atoms with van der Waals surface area (Å²) in [7, 11) is 1.63. The summed E-state index contributed by atoms with van der Waals surface area (Å²) in [5.41, 5.74) is 3.34. The molecule has 1 saturated carbocycles. The maximum atomic E-state index is 12.6. The molecular formula is C22H28N2O2. The highest BCUT2D eigenvalue weighted by atomic mass is 16.5. The van der Waals surface area contributed by atoms with Gasteiger partial charge in [0.25, 0.3) is 0 Å². The number of amides is 1. The van der Waals surface area contributed by atoms with Crippen LogP contribution in [0.25, 0.3) is 0 Å². The van der Waals surface area contributed by atoms with Crippen LogP contribution in [0.2, 0.25) is 0 Å². The average Bonchev–Trinajstić information content (AvgIpc) is 3.44. The van der Waals surface area contributed by atoms with Crippen molar-refractivity contribution in [1.82, 2.24) is 10.3 Å². The van der Waals surface area contributed by atoms with Gasteiger partial charge in [-0.15, -0.1) is 0 Å². The zero-order valence-corrected chi connectivity index (χ0v) is 16.1. The largest absolute Gasteiger partial charge is 0.495 e. The summed E-state index contributed by atoms with van der Waals surface area (Å²) in [5.74, 6) is 1.26. The summed E-state index contributed by atoms with van der Waals surface area (Å²) in [6.07, 6.45) is 4.38. The Hall–Kier alpha value is -2.36. The molecule has 1 fully saturated rings. The van der Waals surface area contributed by atoms with Gasteiger partial charge in [0, 0.05) is 0 Å². The van der Waals surface area contributed by atoms with E-state index >= 15 is 0 Å². The molecule has 4 heteroatoms. The molecule has 0 spiro atoms. The Labute approximate surface area is 156 Å². The third-order valence-electron chi connectivity index (χ3n) is 4.91. The highest BCUT2D eigenvalue weighted by Crippen LogP contribution is 2.40. The molecule has 2 aromatic rings. The Bertz CT molecular complexity index is 741. The maximum Gasteiger partial charge on any atom is 0.224 e. The van der Waals surface area contributed by atoms with Crippen LogP contribution in [0.4, 0.5) is 0 Å². The van der Waals surface area contributed by atoms with Gasteiger partial charge in [0.2, 0.25) is 5.91 Å². The average molecular weight is 352 g/mol. The molecule has 1 aliphatic rings. The molecule has 4 nitrogen and oxygen atoms in total. The number of benzene rings is 1. The van der Waals surface area contributed by atoms with Gasteiger partial charge >= 0.3 is 0 Å². The van der Waals surface area contributed by atoms with Gasteiger partial charge in [-0.1, -0.05) is 45.0 Å². The molecule has 1 N–H and O–H groups in total. The van der Waals surface area contributed by atoms with Gasteiger partial charge in [-0.05, 0) is 47.4 Å². The molecule has 1 aromatic heterocycles. The van der Waals surface area contributed by atoms with Crippen LogP contribution in [0.1, 0.15) is 56.5 Å². The Morgan fingerprint density at radius 1 is 1.19 bits per heavy atom. The minimum atomic E-state index is -0.0118. The molecule has 1 unspecified atom stereocenters. The van der Waals surface area contributed by atoms with Crippen molar-refractivity contribution in [3.8, 4) is 5.75 Å². The molecule has 0 radical (unpaired) electrons. The molecule has 1 atom stereocenters. The van der Waals surface area contributed by atoms with E-state index in [0.717, 1.165) is 29.8 Å². The Kier molecular flexibility index (Phi) is 5.30. The van der Waals surface area contributed by atoms with E-state index in [0.29, 0.717) is 12.3 Å². The van der Waals surface area contributed by atoms with E-state index in [1.54, 1.807) is 13.3 Å². The quantitative estimate of drug-likeness (QED) is 0.848. The van der Waals surface area contributed by atoms with Crippen molar-refractivity contribution in [2.24, 2.45) is 5.92 Å². The number of ether oxygens (including phenoxy) is 1. The number of aromatic nitrogens is 1. The van der Waals surface area contributed by atoms with Gasteiger partial charge in [-0.3, -0.25) is 9.78 Å². The van der Waals surface area contributed by atoms with E-state index in [1.807, 2.05) is 12.1 Å². The van der Waals surface area contributed by atoms with Crippen molar-refractivity contribution in [2.45, 2.75) is 51.5 Å². The molecule has 0 bridgehead atoms. The SMILES string of the molecule is COc1ccc(C(NC(=O)Cc2ccc(C(C)(C)C)cc2)C2CC2)nc1. The third-order valence-corrected chi connectivity index (χ3v) is 4.91. The first-order chi connectivity index (χ1) is 12.4. The molecule has 0 saturated heterocycles. The lowest BCUT2D eigenvalue weighted by Crippen LogP contribution is -2.31. The van der Waals surface area contributed by atoms with Crippen LogP contribution < -0.4 is 10.1 Å². The van der Waals surface area contributed by atoms with Crippen molar-refractivity contribution in [3.05, 3.63) is 59.4 Å². The van der Waals surface area contributed by atoms with Crippen LogP contribution in [-0.4, -0.2) is 18.0 Å². The van der Waals surface area contributed by atoms with Crippen molar-refractivity contribution >= 4 is 5.91 Å². The number of hydrogen-bond donors (Lipinski definition) is 1. The zero-order valence-electron chi connectivity index (χ0n) is 16.1. The molecule has 0 aliphatic heterocycles. The topological polar surface area (TPSA) is 51.2 Å². The molecule has 3 rings (SSSR count). The smallest absolute Gasteiger partial charge is 0.224 e. The lowest BCUT2D eigenvalue weighted by molar-refractivity contribution is -0.121. The van der Waals surface area contributed by atoms with Crippen LogP contribution in [0, 0.1) is 5.92 Å². The first-order valence-electron chi connectivity index (χ1n) is 9.25. The number of pyridine rings is 1.